The third kappa shape index (κ3) is 2.55. The normalized spacial score (nSPS) is 30.7. The van der Waals surface area contributed by atoms with Gasteiger partial charge in [0.2, 0.25) is 0 Å². The van der Waals surface area contributed by atoms with Crippen molar-refractivity contribution >= 4 is 23.4 Å². The second kappa shape index (κ2) is 5.04. The fraction of sp³-hybridized carbons (Fsp3) is 0.571. The van der Waals surface area contributed by atoms with Crippen LogP contribution in [0.5, 0.6) is 0 Å². The molecule has 1 aromatic carbocycles. The van der Waals surface area contributed by atoms with Crippen LogP contribution < -0.4 is 5.32 Å². The van der Waals surface area contributed by atoms with Crippen molar-refractivity contribution in [2.24, 2.45) is 0 Å². The van der Waals surface area contributed by atoms with Crippen LogP contribution in [0.3, 0.4) is 0 Å². The summed E-state index contributed by atoms with van der Waals surface area (Å²) in [6, 6.07) is 6.53. The van der Waals surface area contributed by atoms with Crippen molar-refractivity contribution in [2.45, 2.75) is 30.9 Å². The van der Waals surface area contributed by atoms with Crippen molar-refractivity contribution < 1.29 is 5.11 Å². The van der Waals surface area contributed by atoms with Gasteiger partial charge in [-0.1, -0.05) is 17.7 Å². The maximum Gasteiger partial charge on any atom is 0.0869 e. The number of fused-ring (bicyclic) bond motifs is 1. The Morgan fingerprint density at radius 1 is 1.50 bits per heavy atom. The summed E-state index contributed by atoms with van der Waals surface area (Å²) < 4.78 is 0. The minimum atomic E-state index is -0.500. The number of halogens is 1. The molecule has 1 aliphatic carbocycles. The molecule has 2 atom stereocenters. The van der Waals surface area contributed by atoms with Crippen molar-refractivity contribution in [1.29, 1.82) is 0 Å². The molecule has 0 aromatic heterocycles. The Balaban J connectivity index is 1.66. The standard InChI is InChI=1S/C14H18ClNOS/c15-11-2-3-12-10(7-11)1-4-13(12)16-8-14(17)5-6-18-9-14/h2-3,7,13,16-17H,1,4-6,8-9H2. The van der Waals surface area contributed by atoms with E-state index in [9.17, 15) is 5.11 Å². The van der Waals surface area contributed by atoms with E-state index in [1.807, 2.05) is 17.8 Å². The first kappa shape index (κ1) is 12.8. The van der Waals surface area contributed by atoms with Gasteiger partial charge in [0, 0.05) is 23.4 Å². The van der Waals surface area contributed by atoms with Crippen LogP contribution in [0, 0.1) is 0 Å². The van der Waals surface area contributed by atoms with E-state index >= 15 is 0 Å². The minimum Gasteiger partial charge on any atom is -0.388 e. The first-order chi connectivity index (χ1) is 8.66. The molecule has 1 saturated heterocycles. The third-order valence-corrected chi connectivity index (χ3v) is 5.41. The van der Waals surface area contributed by atoms with Gasteiger partial charge in [-0.2, -0.15) is 11.8 Å². The summed E-state index contributed by atoms with van der Waals surface area (Å²) in [5.41, 5.74) is 2.21. The lowest BCUT2D eigenvalue weighted by atomic mass is 10.0. The van der Waals surface area contributed by atoms with E-state index in [1.54, 1.807) is 0 Å². The lowest BCUT2D eigenvalue weighted by Gasteiger charge is -2.24. The van der Waals surface area contributed by atoms with Crippen LogP contribution in [0.2, 0.25) is 5.02 Å². The predicted molar refractivity (Wildman–Crippen MR) is 77.4 cm³/mol. The van der Waals surface area contributed by atoms with Gasteiger partial charge in [0.05, 0.1) is 5.60 Å². The van der Waals surface area contributed by atoms with E-state index in [2.05, 4.69) is 17.4 Å². The molecule has 98 valence electrons. The second-order valence-corrected chi connectivity index (χ2v) is 6.88. The fourth-order valence-electron chi connectivity index (χ4n) is 2.85. The van der Waals surface area contributed by atoms with E-state index in [0.717, 1.165) is 35.8 Å². The Labute approximate surface area is 117 Å². The summed E-state index contributed by atoms with van der Waals surface area (Å²) >= 11 is 7.85. The fourth-order valence-corrected chi connectivity index (χ4v) is 4.34. The number of nitrogens with one attached hydrogen (secondary N) is 1. The number of hydrogen-bond acceptors (Lipinski definition) is 3. The van der Waals surface area contributed by atoms with E-state index in [1.165, 1.54) is 11.1 Å². The zero-order chi connectivity index (χ0) is 12.6. The Bertz CT molecular complexity index is 445. The predicted octanol–water partition coefficient (Wildman–Crippen LogP) is 2.78. The molecule has 2 N–H and O–H groups in total. The molecule has 18 heavy (non-hydrogen) atoms. The van der Waals surface area contributed by atoms with Crippen LogP contribution >= 0.6 is 23.4 Å². The lowest BCUT2D eigenvalue weighted by molar-refractivity contribution is 0.0646. The van der Waals surface area contributed by atoms with E-state index in [0.29, 0.717) is 12.6 Å². The summed E-state index contributed by atoms with van der Waals surface area (Å²) in [5.74, 6) is 1.94. The summed E-state index contributed by atoms with van der Waals surface area (Å²) in [6.45, 7) is 0.701. The number of aliphatic hydroxyl groups is 1. The number of thioether (sulfide) groups is 1. The van der Waals surface area contributed by atoms with Crippen LogP contribution in [0.4, 0.5) is 0 Å². The molecule has 1 aliphatic heterocycles. The highest BCUT2D eigenvalue weighted by molar-refractivity contribution is 7.99. The van der Waals surface area contributed by atoms with Crippen molar-refractivity contribution in [1.82, 2.24) is 5.32 Å². The van der Waals surface area contributed by atoms with E-state index in [-0.39, 0.29) is 0 Å². The van der Waals surface area contributed by atoms with Crippen LogP contribution in [0.15, 0.2) is 18.2 Å². The molecule has 1 heterocycles. The van der Waals surface area contributed by atoms with Crippen molar-refractivity contribution in [2.75, 3.05) is 18.1 Å². The summed E-state index contributed by atoms with van der Waals surface area (Å²) in [5, 5.41) is 14.7. The monoisotopic (exact) mass is 283 g/mol. The topological polar surface area (TPSA) is 32.3 Å². The van der Waals surface area contributed by atoms with Crippen LogP contribution in [0.25, 0.3) is 0 Å². The maximum atomic E-state index is 10.3. The van der Waals surface area contributed by atoms with Crippen molar-refractivity contribution in [3.05, 3.63) is 34.3 Å². The van der Waals surface area contributed by atoms with Crippen LogP contribution in [-0.2, 0) is 6.42 Å². The molecule has 2 aliphatic rings. The molecular weight excluding hydrogens is 266 g/mol. The second-order valence-electron chi connectivity index (χ2n) is 5.34. The summed E-state index contributed by atoms with van der Waals surface area (Å²) in [4.78, 5) is 0. The van der Waals surface area contributed by atoms with Gasteiger partial charge in [-0.15, -0.1) is 0 Å². The number of rotatable bonds is 3. The average Bonchev–Trinajstić information content (AvgIpc) is 2.93. The molecule has 4 heteroatoms. The van der Waals surface area contributed by atoms with Crippen molar-refractivity contribution in [3.63, 3.8) is 0 Å². The SMILES string of the molecule is OC1(CNC2CCc3cc(Cl)ccc32)CCSC1. The Hall–Kier alpha value is -0.220. The van der Waals surface area contributed by atoms with E-state index in [4.69, 9.17) is 11.6 Å². The Kier molecular flexibility index (Phi) is 3.59. The molecule has 2 unspecified atom stereocenters. The minimum absolute atomic E-state index is 0.381. The Morgan fingerprint density at radius 3 is 3.17 bits per heavy atom. The quantitative estimate of drug-likeness (QED) is 0.895. The van der Waals surface area contributed by atoms with Gasteiger partial charge in [-0.3, -0.25) is 0 Å². The van der Waals surface area contributed by atoms with Gasteiger partial charge in [0.15, 0.2) is 0 Å². The molecule has 0 radical (unpaired) electrons. The molecule has 0 amide bonds. The summed E-state index contributed by atoms with van der Waals surface area (Å²) in [7, 11) is 0. The molecule has 0 spiro atoms. The average molecular weight is 284 g/mol. The molecule has 0 bridgehead atoms. The van der Waals surface area contributed by atoms with Crippen molar-refractivity contribution in [3.8, 4) is 0 Å². The summed E-state index contributed by atoms with van der Waals surface area (Å²) in [6.07, 6.45) is 3.10. The zero-order valence-electron chi connectivity index (χ0n) is 10.3. The molecule has 1 aromatic rings. The first-order valence-corrected chi connectivity index (χ1v) is 8.01. The van der Waals surface area contributed by atoms with E-state index < -0.39 is 5.60 Å². The molecule has 0 saturated carbocycles. The van der Waals surface area contributed by atoms with Crippen LogP contribution in [-0.4, -0.2) is 28.8 Å². The van der Waals surface area contributed by atoms with Gasteiger partial charge in [-0.05, 0) is 48.3 Å². The smallest absolute Gasteiger partial charge is 0.0869 e. The highest BCUT2D eigenvalue weighted by Gasteiger charge is 2.33. The van der Waals surface area contributed by atoms with Gasteiger partial charge in [0.1, 0.15) is 0 Å². The highest BCUT2D eigenvalue weighted by Crippen LogP contribution is 2.34. The maximum absolute atomic E-state index is 10.3. The first-order valence-electron chi connectivity index (χ1n) is 6.48. The lowest BCUT2D eigenvalue weighted by Crippen LogP contribution is -2.41. The largest absolute Gasteiger partial charge is 0.388 e. The zero-order valence-corrected chi connectivity index (χ0v) is 11.9. The van der Waals surface area contributed by atoms with Crippen LogP contribution in [0.1, 0.15) is 30.0 Å². The highest BCUT2D eigenvalue weighted by atomic mass is 35.5. The number of benzene rings is 1. The number of aryl methyl sites for hydroxylation is 1. The number of hydrogen-bond donors (Lipinski definition) is 2. The Morgan fingerprint density at radius 2 is 2.39 bits per heavy atom. The molecule has 3 rings (SSSR count). The third-order valence-electron chi connectivity index (χ3n) is 3.94. The van der Waals surface area contributed by atoms with Gasteiger partial charge < -0.3 is 10.4 Å². The van der Waals surface area contributed by atoms with Gasteiger partial charge in [-0.25, -0.2) is 0 Å². The molecule has 2 nitrogen and oxygen atoms in total. The molecular formula is C14H18ClNOS. The van der Waals surface area contributed by atoms with Gasteiger partial charge in [0.25, 0.3) is 0 Å². The van der Waals surface area contributed by atoms with Gasteiger partial charge >= 0.3 is 0 Å². The molecule has 1 fully saturated rings.